The summed E-state index contributed by atoms with van der Waals surface area (Å²) in [5.74, 6) is 0. The Morgan fingerprint density at radius 3 is 2.56 bits per heavy atom. The predicted molar refractivity (Wildman–Crippen MR) is 67.1 cm³/mol. The molecule has 92 valence electrons. The van der Waals surface area contributed by atoms with E-state index in [2.05, 4.69) is 4.40 Å². The Morgan fingerprint density at radius 1 is 1.31 bits per heavy atom. The second-order valence-corrected chi connectivity index (χ2v) is 7.60. The summed E-state index contributed by atoms with van der Waals surface area (Å²) in [7, 11) is -1.14. The molecule has 2 atom stereocenters. The molecular formula is C12H21NO2S. The molecule has 2 aliphatic rings. The maximum atomic E-state index is 12.0. The molecule has 0 aromatic heterocycles. The summed E-state index contributed by atoms with van der Waals surface area (Å²) in [4.78, 5) is 0. The van der Waals surface area contributed by atoms with Crippen LogP contribution in [0.3, 0.4) is 0 Å². The van der Waals surface area contributed by atoms with Crippen molar-refractivity contribution in [3.8, 4) is 0 Å². The van der Waals surface area contributed by atoms with Gasteiger partial charge in [-0.25, -0.2) is 4.21 Å². The molecule has 16 heavy (non-hydrogen) atoms. The number of hydrogen-bond donors (Lipinski definition) is 0. The molecule has 1 unspecified atom stereocenters. The van der Waals surface area contributed by atoms with Gasteiger partial charge in [0.15, 0.2) is 0 Å². The first-order valence-corrected chi connectivity index (χ1v) is 7.19. The van der Waals surface area contributed by atoms with Crippen molar-refractivity contribution >= 4 is 16.7 Å². The highest BCUT2D eigenvalue weighted by Gasteiger charge is 2.44. The molecule has 1 saturated heterocycles. The van der Waals surface area contributed by atoms with E-state index in [0.717, 1.165) is 44.4 Å². The lowest BCUT2D eigenvalue weighted by Gasteiger charge is -2.24. The van der Waals surface area contributed by atoms with Crippen LogP contribution in [-0.4, -0.2) is 26.9 Å². The van der Waals surface area contributed by atoms with Crippen LogP contribution in [-0.2, 0) is 15.7 Å². The van der Waals surface area contributed by atoms with Gasteiger partial charge in [0.05, 0.1) is 10.5 Å². The Hall–Kier alpha value is -0.220. The van der Waals surface area contributed by atoms with Crippen LogP contribution in [0.4, 0.5) is 0 Å². The van der Waals surface area contributed by atoms with Gasteiger partial charge in [-0.05, 0) is 52.9 Å². The van der Waals surface area contributed by atoms with Gasteiger partial charge in [-0.15, -0.1) is 0 Å². The average molecular weight is 243 g/mol. The van der Waals surface area contributed by atoms with E-state index in [1.54, 1.807) is 0 Å². The fourth-order valence-electron chi connectivity index (χ4n) is 2.40. The molecule has 1 saturated carbocycles. The summed E-state index contributed by atoms with van der Waals surface area (Å²) < 4.78 is 22.1. The van der Waals surface area contributed by atoms with E-state index >= 15 is 0 Å². The molecule has 0 aromatic carbocycles. The molecular weight excluding hydrogens is 222 g/mol. The van der Waals surface area contributed by atoms with Gasteiger partial charge in [0.1, 0.15) is 16.6 Å². The smallest absolute Gasteiger partial charge is 0.144 e. The van der Waals surface area contributed by atoms with Gasteiger partial charge in [0, 0.05) is 6.61 Å². The van der Waals surface area contributed by atoms with E-state index in [1.165, 1.54) is 0 Å². The SMILES string of the molecule is CC(C)(C)[S@@](=O)N=C1CCCC12CCCO2. The van der Waals surface area contributed by atoms with Crippen LogP contribution in [0, 0.1) is 0 Å². The Kier molecular flexibility index (Phi) is 3.23. The molecule has 0 aromatic rings. The summed E-state index contributed by atoms with van der Waals surface area (Å²) in [6.07, 6.45) is 5.32. The van der Waals surface area contributed by atoms with Crippen LogP contribution >= 0.6 is 0 Å². The zero-order valence-electron chi connectivity index (χ0n) is 10.4. The van der Waals surface area contributed by atoms with Crippen LogP contribution in [0.15, 0.2) is 4.40 Å². The maximum Gasteiger partial charge on any atom is 0.144 e. The summed E-state index contributed by atoms with van der Waals surface area (Å²) in [6, 6.07) is 0. The highest BCUT2D eigenvalue weighted by atomic mass is 32.2. The fraction of sp³-hybridized carbons (Fsp3) is 0.917. The molecule has 0 radical (unpaired) electrons. The van der Waals surface area contributed by atoms with Crippen molar-refractivity contribution in [1.29, 1.82) is 0 Å². The molecule has 1 heterocycles. The number of hydrogen-bond acceptors (Lipinski definition) is 2. The van der Waals surface area contributed by atoms with Gasteiger partial charge >= 0.3 is 0 Å². The maximum absolute atomic E-state index is 12.0. The van der Waals surface area contributed by atoms with Gasteiger partial charge in [-0.3, -0.25) is 0 Å². The van der Waals surface area contributed by atoms with Gasteiger partial charge in [-0.1, -0.05) is 0 Å². The van der Waals surface area contributed by atoms with Crippen molar-refractivity contribution in [1.82, 2.24) is 0 Å². The third-order valence-corrected chi connectivity index (χ3v) is 4.77. The van der Waals surface area contributed by atoms with E-state index in [0.29, 0.717) is 0 Å². The van der Waals surface area contributed by atoms with Crippen molar-refractivity contribution in [3.63, 3.8) is 0 Å². The fourth-order valence-corrected chi connectivity index (χ4v) is 3.13. The van der Waals surface area contributed by atoms with Gasteiger partial charge in [0.25, 0.3) is 0 Å². The van der Waals surface area contributed by atoms with Crippen molar-refractivity contribution in [2.45, 2.75) is 63.2 Å². The van der Waals surface area contributed by atoms with E-state index in [4.69, 9.17) is 4.74 Å². The Labute approximate surface area is 100 Å². The molecule has 1 aliphatic carbocycles. The lowest BCUT2D eigenvalue weighted by molar-refractivity contribution is 0.0633. The summed E-state index contributed by atoms with van der Waals surface area (Å²) in [6.45, 7) is 6.72. The average Bonchev–Trinajstić information content (AvgIpc) is 2.78. The zero-order valence-corrected chi connectivity index (χ0v) is 11.2. The summed E-state index contributed by atoms with van der Waals surface area (Å²) in [5.41, 5.74) is 0.916. The normalized spacial score (nSPS) is 35.1. The first-order chi connectivity index (χ1) is 7.44. The van der Waals surface area contributed by atoms with E-state index in [-0.39, 0.29) is 10.3 Å². The monoisotopic (exact) mass is 243 g/mol. The number of ether oxygens (including phenoxy) is 1. The van der Waals surface area contributed by atoms with Crippen LogP contribution in [0.5, 0.6) is 0 Å². The minimum Gasteiger partial charge on any atom is -0.369 e. The molecule has 4 heteroatoms. The van der Waals surface area contributed by atoms with Crippen LogP contribution < -0.4 is 0 Å². The largest absolute Gasteiger partial charge is 0.369 e. The third kappa shape index (κ3) is 2.23. The van der Waals surface area contributed by atoms with Gasteiger partial charge < -0.3 is 4.74 Å². The Bertz CT molecular complexity index is 319. The van der Waals surface area contributed by atoms with Gasteiger partial charge in [-0.2, -0.15) is 4.40 Å². The number of rotatable bonds is 1. The molecule has 3 nitrogen and oxygen atoms in total. The van der Waals surface area contributed by atoms with E-state index in [1.807, 2.05) is 20.8 Å². The first-order valence-electron chi connectivity index (χ1n) is 6.08. The molecule has 1 spiro atoms. The van der Waals surface area contributed by atoms with E-state index < -0.39 is 11.0 Å². The minimum atomic E-state index is -1.14. The van der Waals surface area contributed by atoms with Crippen molar-refractivity contribution in [3.05, 3.63) is 0 Å². The van der Waals surface area contributed by atoms with Crippen molar-refractivity contribution in [2.24, 2.45) is 4.40 Å². The molecule has 2 fully saturated rings. The second-order valence-electron chi connectivity index (χ2n) is 5.70. The van der Waals surface area contributed by atoms with Crippen LogP contribution in [0.1, 0.15) is 52.9 Å². The Balaban J connectivity index is 2.20. The molecule has 0 N–H and O–H groups in total. The summed E-state index contributed by atoms with van der Waals surface area (Å²) in [5, 5.41) is 0. The minimum absolute atomic E-state index is 0.138. The highest BCUT2D eigenvalue weighted by Crippen LogP contribution is 2.39. The van der Waals surface area contributed by atoms with Crippen molar-refractivity contribution < 1.29 is 8.95 Å². The van der Waals surface area contributed by atoms with Gasteiger partial charge in [0.2, 0.25) is 0 Å². The first kappa shape index (κ1) is 12.2. The molecule has 1 aliphatic heterocycles. The lowest BCUT2D eigenvalue weighted by Crippen LogP contribution is -2.34. The van der Waals surface area contributed by atoms with Crippen LogP contribution in [0.2, 0.25) is 0 Å². The molecule has 0 amide bonds. The van der Waals surface area contributed by atoms with E-state index in [9.17, 15) is 4.21 Å². The standard InChI is InChI=1S/C12H21NO2S/c1-11(2,3)16(14)13-10-6-4-7-12(10)8-5-9-15-12/h4-9H2,1-3H3/t12?,16-/m1/s1. The molecule has 0 bridgehead atoms. The molecule has 2 rings (SSSR count). The summed E-state index contributed by atoms with van der Waals surface area (Å²) >= 11 is 0. The Morgan fingerprint density at radius 2 is 2.00 bits per heavy atom. The second kappa shape index (κ2) is 4.22. The zero-order chi connectivity index (χ0) is 11.8. The van der Waals surface area contributed by atoms with Crippen LogP contribution in [0.25, 0.3) is 0 Å². The third-order valence-electron chi connectivity index (χ3n) is 3.34. The quantitative estimate of drug-likeness (QED) is 0.710. The lowest BCUT2D eigenvalue weighted by atomic mass is 9.97. The highest BCUT2D eigenvalue weighted by molar-refractivity contribution is 7.85. The number of nitrogens with zero attached hydrogens (tertiary/aromatic N) is 1. The topological polar surface area (TPSA) is 38.7 Å². The predicted octanol–water partition coefficient (Wildman–Crippen LogP) is 2.62. The van der Waals surface area contributed by atoms with Crippen molar-refractivity contribution in [2.75, 3.05) is 6.61 Å².